The van der Waals surface area contributed by atoms with Crippen molar-refractivity contribution in [1.82, 2.24) is 0 Å². The van der Waals surface area contributed by atoms with E-state index >= 15 is 0 Å². The normalized spacial score (nSPS) is 7.86. The summed E-state index contributed by atoms with van der Waals surface area (Å²) in [6.07, 6.45) is 1.11. The van der Waals surface area contributed by atoms with Crippen molar-refractivity contribution in [3.63, 3.8) is 0 Å². The zero-order valence-electron chi connectivity index (χ0n) is 8.86. The Hall–Kier alpha value is -0.310. The van der Waals surface area contributed by atoms with Crippen LogP contribution in [-0.2, 0) is 11.2 Å². The third-order valence-electron chi connectivity index (χ3n) is 1.43. The van der Waals surface area contributed by atoms with Crippen LogP contribution in [0.3, 0.4) is 0 Å². The van der Waals surface area contributed by atoms with Crippen LogP contribution in [0.25, 0.3) is 0 Å². The summed E-state index contributed by atoms with van der Waals surface area (Å²) in [6.45, 7) is 5.36. The molecule has 1 rings (SSSR count). The molecule has 0 spiro atoms. The fourth-order valence-corrected chi connectivity index (χ4v) is 0.645. The molecule has 14 heavy (non-hydrogen) atoms. The maximum Gasteiger partial charge on any atom is 1.00 e. The first-order chi connectivity index (χ1) is 6.20. The van der Waals surface area contributed by atoms with Crippen LogP contribution in [0.1, 0.15) is 18.9 Å². The van der Waals surface area contributed by atoms with Gasteiger partial charge in [0.15, 0.2) is 0 Å². The van der Waals surface area contributed by atoms with E-state index in [1.165, 1.54) is 5.56 Å². The minimum Gasteiger partial charge on any atom is -0.481 e. The summed E-state index contributed by atoms with van der Waals surface area (Å²) in [5.41, 5.74) is 1.30. The molecule has 0 bridgehead atoms. The Morgan fingerprint density at radius 1 is 1.36 bits per heavy atom. The largest absolute Gasteiger partial charge is 1.00 e. The molecule has 0 aliphatic carbocycles. The molecule has 0 radical (unpaired) electrons. The molecular weight excluding hydrogens is 187 g/mol. The number of carboxylic acid groups (broad SMARTS) is 1. The average Bonchev–Trinajstić information content (AvgIpc) is 2.20. The molecule has 1 aromatic carbocycles. The molecule has 2 nitrogen and oxygen atoms in total. The maximum absolute atomic E-state index is 9.37. The number of benzene rings is 1. The predicted molar refractivity (Wildman–Crippen MR) is 53.4 cm³/mol. The van der Waals surface area contributed by atoms with Crippen molar-refractivity contribution in [3.8, 4) is 0 Å². The van der Waals surface area contributed by atoms with Gasteiger partial charge in [-0.2, -0.15) is 6.42 Å². The van der Waals surface area contributed by atoms with Crippen LogP contribution in [0.5, 0.6) is 0 Å². The summed E-state index contributed by atoms with van der Waals surface area (Å²) in [6, 6.07) is 10.2. The number of rotatable bonds is 2. The van der Waals surface area contributed by atoms with Gasteiger partial charge < -0.3 is 12.0 Å². The minimum atomic E-state index is -0.745. The Morgan fingerprint density at radius 2 is 1.79 bits per heavy atom. The van der Waals surface area contributed by atoms with Crippen LogP contribution in [-0.4, -0.2) is 11.1 Å². The van der Waals surface area contributed by atoms with Crippen molar-refractivity contribution in [2.45, 2.75) is 19.8 Å². The van der Waals surface area contributed by atoms with Gasteiger partial charge in [0.2, 0.25) is 0 Å². The Morgan fingerprint density at radius 3 is 2.00 bits per heavy atom. The van der Waals surface area contributed by atoms with Crippen molar-refractivity contribution in [2.75, 3.05) is 0 Å². The van der Waals surface area contributed by atoms with Crippen molar-refractivity contribution >= 4 is 5.97 Å². The van der Waals surface area contributed by atoms with Crippen LogP contribution in [0.15, 0.2) is 30.3 Å². The first-order valence-corrected chi connectivity index (χ1v) is 4.25. The molecule has 1 N–H and O–H groups in total. The van der Waals surface area contributed by atoms with E-state index in [2.05, 4.69) is 19.1 Å². The number of carbonyl (C=O) groups is 1. The molecule has 0 amide bonds. The van der Waals surface area contributed by atoms with Gasteiger partial charge in [0, 0.05) is 6.42 Å². The minimum absolute atomic E-state index is 0. The average molecular weight is 202 g/mol. The van der Waals surface area contributed by atoms with E-state index in [0.717, 1.165) is 6.42 Å². The Bertz CT molecular complexity index is 234. The van der Waals surface area contributed by atoms with Gasteiger partial charge in [-0.05, 0) is 0 Å². The molecular formula is C11H15NaO2. The Labute approximate surface area is 108 Å². The van der Waals surface area contributed by atoms with E-state index in [4.69, 9.17) is 5.11 Å². The van der Waals surface area contributed by atoms with Crippen molar-refractivity contribution in [1.29, 1.82) is 0 Å². The van der Waals surface area contributed by atoms with Crippen LogP contribution in [0, 0.1) is 6.92 Å². The molecule has 0 saturated carbocycles. The van der Waals surface area contributed by atoms with E-state index in [9.17, 15) is 4.79 Å². The molecule has 0 fully saturated rings. The fourth-order valence-electron chi connectivity index (χ4n) is 0.645. The second kappa shape index (κ2) is 10.8. The van der Waals surface area contributed by atoms with Crippen molar-refractivity contribution in [2.24, 2.45) is 0 Å². The van der Waals surface area contributed by atoms with Crippen molar-refractivity contribution in [3.05, 3.63) is 42.8 Å². The van der Waals surface area contributed by atoms with Crippen LogP contribution < -0.4 is 29.6 Å². The number of aliphatic carboxylic acids is 1. The maximum atomic E-state index is 9.37. The second-order valence-electron chi connectivity index (χ2n) is 2.48. The smallest absolute Gasteiger partial charge is 0.481 e. The summed E-state index contributed by atoms with van der Waals surface area (Å²) < 4.78 is 0. The fraction of sp³-hybridized carbons (Fsp3) is 0.273. The van der Waals surface area contributed by atoms with E-state index in [0.29, 0.717) is 0 Å². The summed E-state index contributed by atoms with van der Waals surface area (Å²) in [4.78, 5) is 9.37. The first kappa shape index (κ1) is 16.1. The number of hydrogen-bond donors (Lipinski definition) is 1. The van der Waals surface area contributed by atoms with Gasteiger partial charge in [-0.15, -0.1) is 0 Å². The molecule has 0 aliphatic heterocycles. The molecule has 0 atom stereocenters. The molecule has 0 aliphatic rings. The monoisotopic (exact) mass is 202 g/mol. The molecule has 3 heteroatoms. The van der Waals surface area contributed by atoms with E-state index < -0.39 is 5.97 Å². The quantitative estimate of drug-likeness (QED) is 0.521. The zero-order valence-corrected chi connectivity index (χ0v) is 10.9. The Balaban J connectivity index is 0. The molecule has 1 aromatic rings. The van der Waals surface area contributed by atoms with Crippen LogP contribution >= 0.6 is 0 Å². The van der Waals surface area contributed by atoms with Gasteiger partial charge in [-0.3, -0.25) is 4.79 Å². The van der Waals surface area contributed by atoms with E-state index in [-0.39, 0.29) is 36.0 Å². The van der Waals surface area contributed by atoms with Gasteiger partial charge in [-0.25, -0.2) is 0 Å². The van der Waals surface area contributed by atoms with Gasteiger partial charge in [-0.1, -0.05) is 42.8 Å². The second-order valence-corrected chi connectivity index (χ2v) is 2.48. The summed E-state index contributed by atoms with van der Waals surface area (Å²) in [5.74, 6) is -0.745. The van der Waals surface area contributed by atoms with Crippen molar-refractivity contribution < 1.29 is 39.5 Å². The summed E-state index contributed by atoms with van der Waals surface area (Å²) >= 11 is 0. The third kappa shape index (κ3) is 9.78. The molecule has 72 valence electrons. The van der Waals surface area contributed by atoms with Gasteiger partial charge in [0.05, 0.1) is 0 Å². The summed E-state index contributed by atoms with van der Waals surface area (Å²) in [5, 5.41) is 7.72. The number of hydrogen-bond acceptors (Lipinski definition) is 1. The number of carboxylic acids is 1. The molecule has 0 unspecified atom stereocenters. The van der Waals surface area contributed by atoms with Gasteiger partial charge in [0.1, 0.15) is 0 Å². The molecule has 0 heterocycles. The molecule has 0 saturated heterocycles. The molecule has 0 aromatic heterocycles. The van der Waals surface area contributed by atoms with Gasteiger partial charge >= 0.3 is 35.5 Å². The topological polar surface area (TPSA) is 37.3 Å². The van der Waals surface area contributed by atoms with Gasteiger partial charge in [0.25, 0.3) is 0 Å². The third-order valence-corrected chi connectivity index (χ3v) is 1.43. The van der Waals surface area contributed by atoms with E-state index in [1.54, 1.807) is 6.92 Å². The SMILES string of the molecule is CCC(=O)O.[CH2-]Cc1ccccc1.[Na+]. The van der Waals surface area contributed by atoms with Crippen LogP contribution in [0.2, 0.25) is 0 Å². The van der Waals surface area contributed by atoms with E-state index in [1.807, 2.05) is 18.2 Å². The zero-order chi connectivity index (χ0) is 10.1. The predicted octanol–water partition coefficient (Wildman–Crippen LogP) is -0.452. The first-order valence-electron chi connectivity index (χ1n) is 4.25. The Kier molecular flexibility index (Phi) is 12.4. The standard InChI is InChI=1S/C8H9.C3H6O2.Na/c1-2-8-6-4-3-5-7-8;1-2-3(4)5;/h3-7H,1-2H2;2H2,1H3,(H,4,5);/q-1;;+1. The van der Waals surface area contributed by atoms with Crippen LogP contribution in [0.4, 0.5) is 0 Å². The summed E-state index contributed by atoms with van der Waals surface area (Å²) in [7, 11) is 0.